The molecule has 0 atom stereocenters. The van der Waals surface area contributed by atoms with Gasteiger partial charge in [-0.25, -0.2) is 9.18 Å². The summed E-state index contributed by atoms with van der Waals surface area (Å²) in [5.41, 5.74) is 0.302. The third kappa shape index (κ3) is 2.25. The Bertz CT molecular complexity index is 368. The number of carbonyl (C=O) groups is 1. The zero-order chi connectivity index (χ0) is 10.7. The Labute approximate surface area is 94.1 Å². The highest BCUT2D eigenvalue weighted by Gasteiger charge is 2.17. The second-order valence-electron chi connectivity index (χ2n) is 2.55. The number of carbonyl (C=O) groups excluding carboxylic acids is 1. The van der Waals surface area contributed by atoms with Crippen molar-refractivity contribution in [3.63, 3.8) is 0 Å². The topological polar surface area (TPSA) is 26.3 Å². The third-order valence-corrected chi connectivity index (χ3v) is 2.42. The first kappa shape index (κ1) is 11.5. The fourth-order valence-corrected chi connectivity index (χ4v) is 1.75. The fourth-order valence-electron chi connectivity index (χ4n) is 1.06. The number of methoxy groups -OCH3 is 1. The monoisotopic (exact) mass is 280 g/mol. The fraction of sp³-hybridized carbons (Fsp3) is 0.222. The van der Waals surface area contributed by atoms with Crippen LogP contribution in [-0.4, -0.2) is 13.1 Å². The maximum atomic E-state index is 13.3. The second kappa shape index (κ2) is 4.75. The molecule has 0 N–H and O–H groups in total. The molecule has 76 valence electrons. The summed E-state index contributed by atoms with van der Waals surface area (Å²) in [7, 11) is 1.20. The van der Waals surface area contributed by atoms with Gasteiger partial charge in [-0.05, 0) is 17.7 Å². The molecule has 0 spiro atoms. The molecule has 1 aromatic rings. The molecule has 0 bridgehead atoms. The summed E-state index contributed by atoms with van der Waals surface area (Å²) >= 11 is 8.69. The molecule has 5 heteroatoms. The molecule has 2 nitrogen and oxygen atoms in total. The largest absolute Gasteiger partial charge is 0.465 e. The molecule has 14 heavy (non-hydrogen) atoms. The molecule has 0 fully saturated rings. The van der Waals surface area contributed by atoms with Gasteiger partial charge in [0.05, 0.1) is 12.7 Å². The second-order valence-corrected chi connectivity index (χ2v) is 3.73. The highest BCUT2D eigenvalue weighted by molar-refractivity contribution is 9.10. The molecule has 1 rings (SSSR count). The SMILES string of the molecule is COC(=O)c1c(F)cc(Br)cc1CCl. The number of esters is 1. The molecule has 0 aliphatic carbocycles. The first-order valence-electron chi connectivity index (χ1n) is 3.72. The lowest BCUT2D eigenvalue weighted by Crippen LogP contribution is -2.08. The van der Waals surface area contributed by atoms with Crippen molar-refractivity contribution in [2.24, 2.45) is 0 Å². The Kier molecular flexibility index (Phi) is 3.89. The zero-order valence-corrected chi connectivity index (χ0v) is 9.65. The van der Waals surface area contributed by atoms with E-state index >= 15 is 0 Å². The number of alkyl halides is 1. The summed E-state index contributed by atoms with van der Waals surface area (Å²) in [5, 5.41) is 0. The van der Waals surface area contributed by atoms with Crippen LogP contribution < -0.4 is 0 Å². The van der Waals surface area contributed by atoms with Crippen molar-refractivity contribution in [2.75, 3.05) is 7.11 Å². The molecule has 0 amide bonds. The van der Waals surface area contributed by atoms with E-state index in [0.717, 1.165) is 0 Å². The lowest BCUT2D eigenvalue weighted by atomic mass is 10.1. The Hall–Kier alpha value is -0.610. The molecule has 0 radical (unpaired) electrons. The smallest absolute Gasteiger partial charge is 0.341 e. The van der Waals surface area contributed by atoms with Crippen LogP contribution in [0.5, 0.6) is 0 Å². The van der Waals surface area contributed by atoms with Crippen LogP contribution in [0.4, 0.5) is 4.39 Å². The molecule has 0 aliphatic heterocycles. The number of benzene rings is 1. The predicted octanol–water partition coefficient (Wildman–Crippen LogP) is 3.11. The van der Waals surface area contributed by atoms with Crippen molar-refractivity contribution in [1.29, 1.82) is 0 Å². The minimum atomic E-state index is -0.717. The maximum absolute atomic E-state index is 13.3. The molecule has 0 saturated carbocycles. The maximum Gasteiger partial charge on any atom is 0.341 e. The first-order valence-corrected chi connectivity index (χ1v) is 5.05. The Morgan fingerprint density at radius 3 is 2.79 bits per heavy atom. The Morgan fingerprint density at radius 2 is 2.29 bits per heavy atom. The van der Waals surface area contributed by atoms with Crippen molar-refractivity contribution < 1.29 is 13.9 Å². The summed E-state index contributed by atoms with van der Waals surface area (Å²) in [6.07, 6.45) is 0. The molecule has 0 aromatic heterocycles. The standard InChI is InChI=1S/C9H7BrClFO2/c1-14-9(13)8-5(4-11)2-6(10)3-7(8)12/h2-3H,4H2,1H3. The summed E-state index contributed by atoms with van der Waals surface area (Å²) in [4.78, 5) is 11.2. The van der Waals surface area contributed by atoms with Gasteiger partial charge >= 0.3 is 5.97 Å². The molecular weight excluding hydrogens is 274 g/mol. The van der Waals surface area contributed by atoms with Gasteiger partial charge in [-0.2, -0.15) is 0 Å². The van der Waals surface area contributed by atoms with Gasteiger partial charge in [0.2, 0.25) is 0 Å². The van der Waals surface area contributed by atoms with Crippen LogP contribution in [0, 0.1) is 5.82 Å². The summed E-state index contributed by atoms with van der Waals surface area (Å²) in [6, 6.07) is 2.78. The van der Waals surface area contributed by atoms with Crippen molar-refractivity contribution in [3.8, 4) is 0 Å². The van der Waals surface area contributed by atoms with Crippen molar-refractivity contribution >= 4 is 33.5 Å². The predicted molar refractivity (Wildman–Crippen MR) is 55.0 cm³/mol. The normalized spacial score (nSPS) is 10.0. The molecule has 0 saturated heterocycles. The highest BCUT2D eigenvalue weighted by atomic mass is 79.9. The van der Waals surface area contributed by atoms with Crippen molar-refractivity contribution in [1.82, 2.24) is 0 Å². The zero-order valence-electron chi connectivity index (χ0n) is 7.31. The van der Waals surface area contributed by atoms with E-state index in [0.29, 0.717) is 10.0 Å². The molecule has 0 unspecified atom stereocenters. The molecule has 1 aromatic carbocycles. The van der Waals surface area contributed by atoms with Gasteiger partial charge in [-0.15, -0.1) is 11.6 Å². The highest BCUT2D eigenvalue weighted by Crippen LogP contribution is 2.22. The minimum Gasteiger partial charge on any atom is -0.465 e. The summed E-state index contributed by atoms with van der Waals surface area (Å²) < 4.78 is 18.3. The summed E-state index contributed by atoms with van der Waals surface area (Å²) in [5.74, 6) is -1.30. The quantitative estimate of drug-likeness (QED) is 0.615. The lowest BCUT2D eigenvalue weighted by Gasteiger charge is -2.06. The van der Waals surface area contributed by atoms with Crippen LogP contribution in [0.25, 0.3) is 0 Å². The van der Waals surface area contributed by atoms with Gasteiger partial charge in [0.15, 0.2) is 0 Å². The number of halogens is 3. The van der Waals surface area contributed by atoms with Crippen LogP contribution in [0.2, 0.25) is 0 Å². The van der Waals surface area contributed by atoms with Gasteiger partial charge < -0.3 is 4.74 Å². The van der Waals surface area contributed by atoms with Crippen molar-refractivity contribution in [3.05, 3.63) is 33.5 Å². The Balaban J connectivity index is 3.32. The van der Waals surface area contributed by atoms with E-state index in [1.54, 1.807) is 6.07 Å². The van der Waals surface area contributed by atoms with Gasteiger partial charge in [0.25, 0.3) is 0 Å². The van der Waals surface area contributed by atoms with Crippen LogP contribution in [0.15, 0.2) is 16.6 Å². The van der Waals surface area contributed by atoms with Gasteiger partial charge in [0.1, 0.15) is 5.82 Å². The Morgan fingerprint density at radius 1 is 1.64 bits per heavy atom. The van der Waals surface area contributed by atoms with Crippen LogP contribution in [-0.2, 0) is 10.6 Å². The third-order valence-electron chi connectivity index (χ3n) is 1.67. The van der Waals surface area contributed by atoms with Crippen molar-refractivity contribution in [2.45, 2.75) is 5.88 Å². The lowest BCUT2D eigenvalue weighted by molar-refractivity contribution is 0.0594. The molecule has 0 aliphatic rings. The van der Waals surface area contributed by atoms with E-state index in [4.69, 9.17) is 11.6 Å². The van der Waals surface area contributed by atoms with E-state index in [2.05, 4.69) is 20.7 Å². The van der Waals surface area contributed by atoms with E-state index in [1.807, 2.05) is 0 Å². The first-order chi connectivity index (χ1) is 6.60. The number of rotatable bonds is 2. The molecular formula is C9H7BrClFO2. The number of hydrogen-bond acceptors (Lipinski definition) is 2. The van der Waals surface area contributed by atoms with Crippen LogP contribution >= 0.6 is 27.5 Å². The van der Waals surface area contributed by atoms with Gasteiger partial charge in [-0.3, -0.25) is 0 Å². The van der Waals surface area contributed by atoms with E-state index in [9.17, 15) is 9.18 Å². The van der Waals surface area contributed by atoms with E-state index < -0.39 is 11.8 Å². The number of ether oxygens (including phenoxy) is 1. The summed E-state index contributed by atoms with van der Waals surface area (Å²) in [6.45, 7) is 0. The van der Waals surface area contributed by atoms with E-state index in [-0.39, 0.29) is 11.4 Å². The van der Waals surface area contributed by atoms with Crippen LogP contribution in [0.1, 0.15) is 15.9 Å². The van der Waals surface area contributed by atoms with E-state index in [1.165, 1.54) is 13.2 Å². The average Bonchev–Trinajstić information content (AvgIpc) is 2.15. The average molecular weight is 282 g/mol. The van der Waals surface area contributed by atoms with Gasteiger partial charge in [-0.1, -0.05) is 15.9 Å². The van der Waals surface area contributed by atoms with Gasteiger partial charge in [0, 0.05) is 10.4 Å². The van der Waals surface area contributed by atoms with Crippen LogP contribution in [0.3, 0.4) is 0 Å². The number of hydrogen-bond donors (Lipinski definition) is 0. The molecule has 0 heterocycles. The minimum absolute atomic E-state index is 0.0563.